The third-order valence-electron chi connectivity index (χ3n) is 4.24. The smallest absolute Gasteiger partial charge is 0.224 e. The van der Waals surface area contributed by atoms with Gasteiger partial charge < -0.3 is 10.2 Å². The third kappa shape index (κ3) is 4.07. The fourth-order valence-electron chi connectivity index (χ4n) is 2.88. The minimum atomic E-state index is -0.239. The number of carbonyl (C=O) groups excluding carboxylic acids is 1. The fraction of sp³-hybridized carbons (Fsp3) is 0.389. The summed E-state index contributed by atoms with van der Waals surface area (Å²) in [5.41, 5.74) is 2.01. The molecule has 1 N–H and O–H groups in total. The first-order valence-corrected chi connectivity index (χ1v) is 8.23. The van der Waals surface area contributed by atoms with E-state index in [1.54, 1.807) is 18.5 Å². The van der Waals surface area contributed by atoms with Gasteiger partial charge in [-0.3, -0.25) is 4.79 Å². The quantitative estimate of drug-likeness (QED) is 0.885. The van der Waals surface area contributed by atoms with Crippen LogP contribution in [0.15, 0.2) is 36.7 Å². The van der Waals surface area contributed by atoms with Crippen molar-refractivity contribution < 1.29 is 9.18 Å². The zero-order valence-electron chi connectivity index (χ0n) is 13.7. The molecule has 126 valence electrons. The number of nitrogens with one attached hydrogen (secondary N) is 1. The van der Waals surface area contributed by atoms with E-state index in [4.69, 9.17) is 0 Å². The van der Waals surface area contributed by atoms with Crippen LogP contribution in [0.2, 0.25) is 0 Å². The van der Waals surface area contributed by atoms with Gasteiger partial charge in [0.1, 0.15) is 18.0 Å². The molecule has 24 heavy (non-hydrogen) atoms. The maximum atomic E-state index is 12.9. The van der Waals surface area contributed by atoms with Crippen LogP contribution in [0.25, 0.3) is 0 Å². The summed E-state index contributed by atoms with van der Waals surface area (Å²) in [6, 6.07) is 8.41. The van der Waals surface area contributed by atoms with Crippen LogP contribution in [0.1, 0.15) is 24.6 Å². The largest absolute Gasteiger partial charge is 0.365 e. The van der Waals surface area contributed by atoms with Gasteiger partial charge >= 0.3 is 0 Å². The molecule has 1 saturated heterocycles. The molecular weight excluding hydrogens is 307 g/mol. The number of hydrogen-bond acceptors (Lipinski definition) is 4. The second-order valence-corrected chi connectivity index (χ2v) is 6.01. The van der Waals surface area contributed by atoms with Gasteiger partial charge in [-0.15, -0.1) is 0 Å². The second-order valence-electron chi connectivity index (χ2n) is 6.01. The van der Waals surface area contributed by atoms with E-state index in [0.717, 1.165) is 29.9 Å². The predicted octanol–water partition coefficient (Wildman–Crippen LogP) is 2.43. The van der Waals surface area contributed by atoms with Crippen molar-refractivity contribution in [2.24, 2.45) is 0 Å². The molecule has 2 aromatic rings. The summed E-state index contributed by atoms with van der Waals surface area (Å²) in [6.07, 6.45) is 3.59. The van der Waals surface area contributed by atoms with Gasteiger partial charge in [-0.2, -0.15) is 0 Å². The molecular formula is C18H21FN4O. The van der Waals surface area contributed by atoms with E-state index in [-0.39, 0.29) is 17.8 Å². The van der Waals surface area contributed by atoms with Gasteiger partial charge in [0, 0.05) is 31.3 Å². The normalized spacial score (nSPS) is 17.3. The lowest BCUT2D eigenvalue weighted by atomic mass is 10.1. The number of aryl methyl sites for hydroxylation is 1. The van der Waals surface area contributed by atoms with Crippen LogP contribution in [0, 0.1) is 5.82 Å². The first-order chi connectivity index (χ1) is 11.6. The number of benzene rings is 1. The van der Waals surface area contributed by atoms with E-state index in [1.165, 1.54) is 12.1 Å². The molecule has 1 aliphatic heterocycles. The lowest BCUT2D eigenvalue weighted by molar-refractivity contribution is -0.127. The molecule has 2 heterocycles. The molecule has 0 radical (unpaired) electrons. The Labute approximate surface area is 140 Å². The molecule has 3 rings (SSSR count). The van der Waals surface area contributed by atoms with Crippen molar-refractivity contribution in [1.29, 1.82) is 0 Å². The number of likely N-dealkylation sites (tertiary alicyclic amines) is 1. The number of amides is 1. The van der Waals surface area contributed by atoms with Crippen molar-refractivity contribution >= 4 is 11.7 Å². The van der Waals surface area contributed by atoms with Crippen LogP contribution in [0.4, 0.5) is 10.2 Å². The van der Waals surface area contributed by atoms with E-state index in [9.17, 15) is 9.18 Å². The van der Waals surface area contributed by atoms with E-state index in [2.05, 4.69) is 15.3 Å². The maximum Gasteiger partial charge on any atom is 0.224 e. The van der Waals surface area contributed by atoms with Gasteiger partial charge in [-0.25, -0.2) is 14.4 Å². The van der Waals surface area contributed by atoms with Crippen molar-refractivity contribution in [1.82, 2.24) is 14.9 Å². The van der Waals surface area contributed by atoms with Gasteiger partial charge in [0.05, 0.1) is 6.04 Å². The monoisotopic (exact) mass is 328 g/mol. The Morgan fingerprint density at radius 3 is 2.83 bits per heavy atom. The zero-order valence-corrected chi connectivity index (χ0v) is 13.7. The Hall–Kier alpha value is -2.50. The lowest BCUT2D eigenvalue weighted by Crippen LogP contribution is -2.30. The van der Waals surface area contributed by atoms with E-state index in [0.29, 0.717) is 19.5 Å². The number of halogens is 1. The fourth-order valence-corrected chi connectivity index (χ4v) is 2.88. The number of rotatable bonds is 6. The Balaban J connectivity index is 1.54. The highest BCUT2D eigenvalue weighted by molar-refractivity contribution is 5.80. The molecule has 1 aromatic heterocycles. The maximum absolute atomic E-state index is 12.9. The van der Waals surface area contributed by atoms with Crippen LogP contribution in [-0.4, -0.2) is 39.9 Å². The lowest BCUT2D eigenvalue weighted by Gasteiger charge is -2.17. The molecule has 1 unspecified atom stereocenters. The van der Waals surface area contributed by atoms with E-state index in [1.807, 2.05) is 17.9 Å². The summed E-state index contributed by atoms with van der Waals surface area (Å²) in [5.74, 6) is 0.663. The highest BCUT2D eigenvalue weighted by atomic mass is 19.1. The summed E-state index contributed by atoms with van der Waals surface area (Å²) in [6.45, 7) is 3.35. The minimum Gasteiger partial charge on any atom is -0.365 e. The molecule has 1 atom stereocenters. The topological polar surface area (TPSA) is 58.1 Å². The molecule has 0 spiro atoms. The van der Waals surface area contributed by atoms with Crippen molar-refractivity contribution in [2.45, 2.75) is 32.2 Å². The van der Waals surface area contributed by atoms with Crippen LogP contribution < -0.4 is 5.32 Å². The number of aromatic nitrogens is 2. The summed E-state index contributed by atoms with van der Waals surface area (Å²) >= 11 is 0. The molecule has 6 heteroatoms. The number of carbonyl (C=O) groups is 1. The standard InChI is InChI=1S/C18H21FN4O/c1-2-15-9-17(21-12-20-15)22-16-10-18(24)23(11-16)8-7-13-3-5-14(19)6-4-13/h3-6,9,12,16H,2,7-8,10-11H2,1H3,(H,20,21,22). The van der Waals surface area contributed by atoms with Gasteiger partial charge in [0.25, 0.3) is 0 Å². The Morgan fingerprint density at radius 2 is 2.08 bits per heavy atom. The Kier molecular flexibility index (Phi) is 5.03. The van der Waals surface area contributed by atoms with Crippen molar-refractivity contribution in [2.75, 3.05) is 18.4 Å². The zero-order chi connectivity index (χ0) is 16.9. The molecule has 1 aliphatic rings. The third-order valence-corrected chi connectivity index (χ3v) is 4.24. The SMILES string of the molecule is CCc1cc(NC2CC(=O)N(CCc3ccc(F)cc3)C2)ncn1. The Morgan fingerprint density at radius 1 is 1.29 bits per heavy atom. The van der Waals surface area contributed by atoms with E-state index < -0.39 is 0 Å². The highest BCUT2D eigenvalue weighted by Gasteiger charge is 2.29. The minimum absolute atomic E-state index is 0.0605. The van der Waals surface area contributed by atoms with Crippen LogP contribution >= 0.6 is 0 Å². The summed E-state index contributed by atoms with van der Waals surface area (Å²) in [4.78, 5) is 22.4. The molecule has 5 nitrogen and oxygen atoms in total. The van der Waals surface area contributed by atoms with Gasteiger partial charge in [0.2, 0.25) is 5.91 Å². The first kappa shape index (κ1) is 16.4. The summed E-state index contributed by atoms with van der Waals surface area (Å²) in [7, 11) is 0. The molecule has 1 aromatic carbocycles. The number of anilines is 1. The average Bonchev–Trinajstić information content (AvgIpc) is 2.94. The highest BCUT2D eigenvalue weighted by Crippen LogP contribution is 2.17. The molecule has 1 amide bonds. The second kappa shape index (κ2) is 7.38. The van der Waals surface area contributed by atoms with Crippen LogP contribution in [0.5, 0.6) is 0 Å². The molecule has 0 aliphatic carbocycles. The molecule has 1 fully saturated rings. The Bertz CT molecular complexity index is 704. The molecule has 0 saturated carbocycles. The van der Waals surface area contributed by atoms with Gasteiger partial charge in [0.15, 0.2) is 0 Å². The number of hydrogen-bond donors (Lipinski definition) is 1. The molecule has 0 bridgehead atoms. The van der Waals surface area contributed by atoms with Crippen molar-refractivity contribution in [3.05, 3.63) is 53.7 Å². The van der Waals surface area contributed by atoms with Crippen molar-refractivity contribution in [3.8, 4) is 0 Å². The van der Waals surface area contributed by atoms with Gasteiger partial charge in [-0.1, -0.05) is 19.1 Å². The summed E-state index contributed by atoms with van der Waals surface area (Å²) in [5, 5.41) is 3.32. The summed E-state index contributed by atoms with van der Waals surface area (Å²) < 4.78 is 12.9. The van der Waals surface area contributed by atoms with Crippen LogP contribution in [0.3, 0.4) is 0 Å². The van der Waals surface area contributed by atoms with Crippen molar-refractivity contribution in [3.63, 3.8) is 0 Å². The first-order valence-electron chi connectivity index (χ1n) is 8.23. The predicted molar refractivity (Wildman–Crippen MR) is 90.1 cm³/mol. The van der Waals surface area contributed by atoms with Crippen LogP contribution in [-0.2, 0) is 17.6 Å². The van der Waals surface area contributed by atoms with Gasteiger partial charge in [-0.05, 0) is 30.5 Å². The number of nitrogens with zero attached hydrogens (tertiary/aromatic N) is 3. The van der Waals surface area contributed by atoms with E-state index >= 15 is 0 Å². The average molecular weight is 328 g/mol.